The van der Waals surface area contributed by atoms with Crippen molar-refractivity contribution in [2.24, 2.45) is 0 Å². The van der Waals surface area contributed by atoms with Crippen molar-refractivity contribution in [3.05, 3.63) is 0 Å². The van der Waals surface area contributed by atoms with Crippen LogP contribution in [0.2, 0.25) is 0 Å². The quantitative estimate of drug-likeness (QED) is 0.435. The Morgan fingerprint density at radius 1 is 1.88 bits per heavy atom. The molecule has 0 spiro atoms. The van der Waals surface area contributed by atoms with Gasteiger partial charge >= 0.3 is 8.25 Å². The van der Waals surface area contributed by atoms with Crippen LogP contribution in [0.3, 0.4) is 0 Å². The van der Waals surface area contributed by atoms with E-state index in [-0.39, 0.29) is 6.10 Å². The fourth-order valence-corrected chi connectivity index (χ4v) is 0.835. The standard InChI is InChI=1S/C3H7O4P/c1-2-3(6-2)7-8(4)5/h2-3,8H,1H3,(H,4,5)/t2-,3+/m1/s1. The zero-order chi connectivity index (χ0) is 6.15. The fourth-order valence-electron chi connectivity index (χ4n) is 0.389. The van der Waals surface area contributed by atoms with Crippen LogP contribution in [-0.4, -0.2) is 17.3 Å². The van der Waals surface area contributed by atoms with Crippen molar-refractivity contribution >= 4 is 8.25 Å². The van der Waals surface area contributed by atoms with Crippen molar-refractivity contribution in [3.63, 3.8) is 0 Å². The van der Waals surface area contributed by atoms with Gasteiger partial charge in [0, 0.05) is 0 Å². The van der Waals surface area contributed by atoms with Crippen LogP contribution in [0, 0.1) is 0 Å². The lowest BCUT2D eigenvalue weighted by Crippen LogP contribution is -1.87. The van der Waals surface area contributed by atoms with E-state index in [0.717, 1.165) is 0 Å². The Hall–Kier alpha value is 0.110. The van der Waals surface area contributed by atoms with E-state index in [2.05, 4.69) is 9.26 Å². The number of ether oxygens (including phenoxy) is 1. The van der Waals surface area contributed by atoms with Crippen molar-refractivity contribution in [3.8, 4) is 0 Å². The second-order valence-corrected chi connectivity index (χ2v) is 2.36. The van der Waals surface area contributed by atoms with E-state index in [1.54, 1.807) is 6.92 Å². The molecule has 0 radical (unpaired) electrons. The summed E-state index contributed by atoms with van der Waals surface area (Å²) in [5, 5.41) is 0. The first-order valence-corrected chi connectivity index (χ1v) is 3.51. The van der Waals surface area contributed by atoms with E-state index in [4.69, 9.17) is 4.89 Å². The molecule has 1 fully saturated rings. The highest BCUT2D eigenvalue weighted by Gasteiger charge is 2.36. The molecule has 1 heterocycles. The molecule has 1 aliphatic heterocycles. The lowest BCUT2D eigenvalue weighted by Gasteiger charge is -1.87. The summed E-state index contributed by atoms with van der Waals surface area (Å²) in [7, 11) is -2.78. The predicted octanol–water partition coefficient (Wildman–Crippen LogP) is 0.130. The summed E-state index contributed by atoms with van der Waals surface area (Å²) >= 11 is 0. The van der Waals surface area contributed by atoms with Gasteiger partial charge in [0.15, 0.2) is 6.29 Å². The first-order valence-electron chi connectivity index (χ1n) is 2.25. The molecule has 1 unspecified atom stereocenters. The lowest BCUT2D eigenvalue weighted by molar-refractivity contribution is 0.169. The predicted molar refractivity (Wildman–Crippen MR) is 26.6 cm³/mol. The fraction of sp³-hybridized carbons (Fsp3) is 1.00. The van der Waals surface area contributed by atoms with Crippen LogP contribution in [0.15, 0.2) is 0 Å². The maximum Gasteiger partial charge on any atom is 0.318 e. The summed E-state index contributed by atoms with van der Waals surface area (Å²) in [6.07, 6.45) is -0.428. The molecule has 8 heavy (non-hydrogen) atoms. The molecule has 0 saturated carbocycles. The summed E-state index contributed by atoms with van der Waals surface area (Å²) in [5.74, 6) is 0. The third kappa shape index (κ3) is 1.56. The Balaban J connectivity index is 2.14. The molecule has 1 N–H and O–H groups in total. The minimum Gasteiger partial charge on any atom is -0.341 e. The average molecular weight is 138 g/mol. The van der Waals surface area contributed by atoms with Gasteiger partial charge in [0.1, 0.15) is 6.10 Å². The molecular formula is C3H7O4P. The largest absolute Gasteiger partial charge is 0.341 e. The van der Waals surface area contributed by atoms with E-state index < -0.39 is 14.5 Å². The minimum absolute atomic E-state index is 0.00361. The van der Waals surface area contributed by atoms with Gasteiger partial charge in [-0.15, -0.1) is 0 Å². The number of hydrogen-bond donors (Lipinski definition) is 1. The van der Waals surface area contributed by atoms with Gasteiger partial charge in [-0.1, -0.05) is 0 Å². The molecule has 0 aliphatic carbocycles. The van der Waals surface area contributed by atoms with Crippen molar-refractivity contribution in [1.82, 2.24) is 0 Å². The second-order valence-electron chi connectivity index (χ2n) is 1.59. The minimum atomic E-state index is -2.78. The van der Waals surface area contributed by atoms with E-state index >= 15 is 0 Å². The zero-order valence-electron chi connectivity index (χ0n) is 4.33. The van der Waals surface area contributed by atoms with Gasteiger partial charge in [0.05, 0.1) is 0 Å². The van der Waals surface area contributed by atoms with Crippen molar-refractivity contribution in [2.75, 3.05) is 0 Å². The molecule has 3 atom stereocenters. The van der Waals surface area contributed by atoms with E-state index in [9.17, 15) is 4.57 Å². The van der Waals surface area contributed by atoms with E-state index in [0.29, 0.717) is 0 Å². The topological polar surface area (TPSA) is 59.1 Å². The first kappa shape index (κ1) is 6.23. The molecule has 0 aromatic rings. The third-order valence-corrected chi connectivity index (χ3v) is 1.31. The van der Waals surface area contributed by atoms with Crippen LogP contribution in [-0.2, 0) is 13.8 Å². The molecule has 4 nitrogen and oxygen atoms in total. The Morgan fingerprint density at radius 3 is 2.50 bits per heavy atom. The highest BCUT2D eigenvalue weighted by molar-refractivity contribution is 7.32. The van der Waals surface area contributed by atoms with Crippen molar-refractivity contribution < 1.29 is 18.7 Å². The Kier molecular flexibility index (Phi) is 1.68. The average Bonchev–Trinajstić information content (AvgIpc) is 2.17. The summed E-state index contributed by atoms with van der Waals surface area (Å²) in [6.45, 7) is 1.77. The molecule has 5 heteroatoms. The van der Waals surface area contributed by atoms with Gasteiger partial charge in [0.25, 0.3) is 0 Å². The third-order valence-electron chi connectivity index (χ3n) is 0.872. The van der Waals surface area contributed by atoms with Crippen LogP contribution in [0.5, 0.6) is 0 Å². The molecule has 0 amide bonds. The molecule has 1 saturated heterocycles. The molecule has 0 bridgehead atoms. The van der Waals surface area contributed by atoms with Gasteiger partial charge in [-0.05, 0) is 6.92 Å². The van der Waals surface area contributed by atoms with Crippen LogP contribution in [0.25, 0.3) is 0 Å². The Morgan fingerprint density at radius 2 is 2.38 bits per heavy atom. The number of epoxide rings is 1. The SMILES string of the molecule is C[C@H]1O[C@H]1O[PH](=O)O. The van der Waals surface area contributed by atoms with Gasteiger partial charge in [-0.25, -0.2) is 0 Å². The second kappa shape index (κ2) is 2.15. The lowest BCUT2D eigenvalue weighted by atomic mass is 10.5. The molecule has 0 aromatic carbocycles. The van der Waals surface area contributed by atoms with Gasteiger partial charge in [-0.2, -0.15) is 0 Å². The van der Waals surface area contributed by atoms with Crippen molar-refractivity contribution in [1.29, 1.82) is 0 Å². The van der Waals surface area contributed by atoms with Crippen LogP contribution in [0.4, 0.5) is 0 Å². The van der Waals surface area contributed by atoms with Crippen LogP contribution >= 0.6 is 8.25 Å². The van der Waals surface area contributed by atoms with Gasteiger partial charge in [-0.3, -0.25) is 9.09 Å². The highest BCUT2D eigenvalue weighted by atomic mass is 31.1. The normalized spacial score (nSPS) is 39.2. The zero-order valence-corrected chi connectivity index (χ0v) is 5.33. The summed E-state index contributed by atoms with van der Waals surface area (Å²) in [6, 6.07) is 0. The number of hydrogen-bond acceptors (Lipinski definition) is 3. The monoisotopic (exact) mass is 138 g/mol. The molecule has 1 aliphatic rings. The molecular weight excluding hydrogens is 131 g/mol. The maximum atomic E-state index is 9.88. The van der Waals surface area contributed by atoms with Crippen LogP contribution in [0.1, 0.15) is 6.92 Å². The maximum absolute atomic E-state index is 9.88. The summed E-state index contributed by atoms with van der Waals surface area (Å²) in [4.78, 5) is 8.12. The Labute approximate surface area is 47.4 Å². The Bertz CT molecular complexity index is 114. The molecule has 0 aromatic heterocycles. The smallest absolute Gasteiger partial charge is 0.318 e. The first-order chi connectivity index (χ1) is 3.70. The summed E-state index contributed by atoms with van der Waals surface area (Å²) < 4.78 is 18.9. The van der Waals surface area contributed by atoms with E-state index in [1.807, 2.05) is 0 Å². The van der Waals surface area contributed by atoms with E-state index in [1.165, 1.54) is 0 Å². The highest BCUT2D eigenvalue weighted by Crippen LogP contribution is 2.31. The van der Waals surface area contributed by atoms with Crippen LogP contribution < -0.4 is 0 Å². The summed E-state index contributed by atoms with van der Waals surface area (Å²) in [5.41, 5.74) is 0. The van der Waals surface area contributed by atoms with Gasteiger partial charge in [0.2, 0.25) is 0 Å². The van der Waals surface area contributed by atoms with Gasteiger partial charge < -0.3 is 9.63 Å². The number of rotatable bonds is 2. The van der Waals surface area contributed by atoms with Crippen molar-refractivity contribution in [2.45, 2.75) is 19.3 Å². The molecule has 48 valence electrons. The molecule has 1 rings (SSSR count).